The summed E-state index contributed by atoms with van der Waals surface area (Å²) in [5.41, 5.74) is 6.49. The second-order valence-electron chi connectivity index (χ2n) is 4.21. The molecule has 0 saturated carbocycles. The van der Waals surface area contributed by atoms with E-state index in [1.54, 1.807) is 13.2 Å². The van der Waals surface area contributed by atoms with Crippen molar-refractivity contribution in [2.24, 2.45) is 5.73 Å². The molecular weight excluding hydrogens is 244 g/mol. The molecule has 1 rings (SSSR count). The molecule has 0 bridgehead atoms. The van der Waals surface area contributed by atoms with Gasteiger partial charge in [-0.15, -0.1) is 0 Å². The van der Waals surface area contributed by atoms with Crippen LogP contribution in [0.15, 0.2) is 18.2 Å². The van der Waals surface area contributed by atoms with Gasteiger partial charge in [0.2, 0.25) is 0 Å². The van der Waals surface area contributed by atoms with E-state index in [1.807, 2.05) is 12.1 Å². The molecule has 1 aromatic carbocycles. The lowest BCUT2D eigenvalue weighted by Crippen LogP contribution is -2.29. The Balaban J connectivity index is 2.50. The fraction of sp³-hybridized carbons (Fsp3) is 0.500. The monoisotopic (exact) mass is 266 g/mol. The predicted octanol–water partition coefficient (Wildman–Crippen LogP) is 1.45. The average molecular weight is 266 g/mol. The summed E-state index contributed by atoms with van der Waals surface area (Å²) >= 11 is 0. The highest BCUT2D eigenvalue weighted by Crippen LogP contribution is 2.22. The van der Waals surface area contributed by atoms with E-state index in [4.69, 9.17) is 15.2 Å². The summed E-state index contributed by atoms with van der Waals surface area (Å²) in [6.07, 6.45) is 2.03. The summed E-state index contributed by atoms with van der Waals surface area (Å²) in [4.78, 5) is 11.5. The Morgan fingerprint density at radius 2 is 2.05 bits per heavy atom. The number of hydrogen-bond donors (Lipinski definition) is 2. The highest BCUT2D eigenvalue weighted by atomic mass is 16.5. The highest BCUT2D eigenvalue weighted by molar-refractivity contribution is 5.77. The number of rotatable bonds is 8. The smallest absolute Gasteiger partial charge is 0.257 e. The van der Waals surface area contributed by atoms with Crippen LogP contribution in [0.1, 0.15) is 25.3 Å². The van der Waals surface area contributed by atoms with Crippen molar-refractivity contribution in [3.05, 3.63) is 23.8 Å². The third-order valence-electron chi connectivity index (χ3n) is 2.63. The van der Waals surface area contributed by atoms with Crippen LogP contribution >= 0.6 is 0 Å². The molecule has 106 valence electrons. The van der Waals surface area contributed by atoms with Crippen LogP contribution in [0.4, 0.5) is 0 Å². The summed E-state index contributed by atoms with van der Waals surface area (Å²) in [5.74, 6) is 1.14. The number of nitrogens with one attached hydrogen (secondary N) is 1. The molecule has 0 aromatic heterocycles. The molecule has 0 spiro atoms. The molecule has 0 unspecified atom stereocenters. The van der Waals surface area contributed by atoms with Crippen LogP contribution in [-0.4, -0.2) is 26.2 Å². The summed E-state index contributed by atoms with van der Waals surface area (Å²) in [7, 11) is 1.58. The number of nitrogens with two attached hydrogens (primary N) is 1. The van der Waals surface area contributed by atoms with Gasteiger partial charge in [0.05, 0.1) is 7.11 Å². The van der Waals surface area contributed by atoms with E-state index in [-0.39, 0.29) is 12.5 Å². The van der Waals surface area contributed by atoms with Crippen molar-refractivity contribution in [2.75, 3.05) is 20.3 Å². The first kappa shape index (κ1) is 15.3. The number of ether oxygens (including phenoxy) is 2. The third-order valence-corrected chi connectivity index (χ3v) is 2.63. The van der Waals surface area contributed by atoms with Gasteiger partial charge in [0, 0.05) is 19.2 Å². The van der Waals surface area contributed by atoms with Crippen LogP contribution in [0.2, 0.25) is 0 Å². The molecule has 5 nitrogen and oxygen atoms in total. The van der Waals surface area contributed by atoms with Crippen LogP contribution in [0.5, 0.6) is 11.5 Å². The van der Waals surface area contributed by atoms with Gasteiger partial charge in [-0.3, -0.25) is 4.79 Å². The Morgan fingerprint density at radius 1 is 1.32 bits per heavy atom. The lowest BCUT2D eigenvalue weighted by atomic mass is 10.2. The quantitative estimate of drug-likeness (QED) is 0.698. The molecule has 1 amide bonds. The van der Waals surface area contributed by atoms with Crippen LogP contribution in [-0.2, 0) is 11.3 Å². The highest BCUT2D eigenvalue weighted by Gasteiger charge is 2.05. The zero-order valence-electron chi connectivity index (χ0n) is 11.6. The van der Waals surface area contributed by atoms with Gasteiger partial charge in [-0.25, -0.2) is 0 Å². The first-order valence-corrected chi connectivity index (χ1v) is 6.47. The molecule has 0 aliphatic rings. The Hall–Kier alpha value is -1.75. The molecule has 5 heteroatoms. The van der Waals surface area contributed by atoms with Gasteiger partial charge in [-0.05, 0) is 24.1 Å². The number of amides is 1. The number of carbonyl (C=O) groups excluding carboxylic acids is 1. The van der Waals surface area contributed by atoms with Crippen molar-refractivity contribution >= 4 is 5.91 Å². The van der Waals surface area contributed by atoms with E-state index in [0.29, 0.717) is 24.6 Å². The molecule has 0 fully saturated rings. The van der Waals surface area contributed by atoms with Gasteiger partial charge in [-0.1, -0.05) is 13.3 Å². The predicted molar refractivity (Wildman–Crippen MR) is 74.3 cm³/mol. The molecule has 0 aliphatic carbocycles. The van der Waals surface area contributed by atoms with Gasteiger partial charge in [-0.2, -0.15) is 0 Å². The average Bonchev–Trinajstić information content (AvgIpc) is 2.45. The van der Waals surface area contributed by atoms with Crippen molar-refractivity contribution < 1.29 is 14.3 Å². The lowest BCUT2D eigenvalue weighted by molar-refractivity contribution is -0.123. The van der Waals surface area contributed by atoms with Gasteiger partial charge in [0.15, 0.2) is 6.61 Å². The SMILES string of the molecule is CCCCNC(=O)COc1cc(CN)cc(OC)c1. The maximum atomic E-state index is 11.5. The van der Waals surface area contributed by atoms with Gasteiger partial charge in [0.1, 0.15) is 11.5 Å². The van der Waals surface area contributed by atoms with Crippen molar-refractivity contribution in [3.63, 3.8) is 0 Å². The largest absolute Gasteiger partial charge is 0.497 e. The summed E-state index contributed by atoms with van der Waals surface area (Å²) in [6.45, 7) is 3.16. The second-order valence-corrected chi connectivity index (χ2v) is 4.21. The molecule has 0 radical (unpaired) electrons. The second kappa shape index (κ2) is 8.37. The van der Waals surface area contributed by atoms with E-state index >= 15 is 0 Å². The Bertz CT molecular complexity index is 385. The van der Waals surface area contributed by atoms with Gasteiger partial charge in [0.25, 0.3) is 5.91 Å². The minimum Gasteiger partial charge on any atom is -0.497 e. The number of carbonyl (C=O) groups is 1. The van der Waals surface area contributed by atoms with E-state index in [2.05, 4.69) is 12.2 Å². The number of unbranched alkanes of at least 4 members (excludes halogenated alkanes) is 1. The van der Waals surface area contributed by atoms with Crippen LogP contribution in [0.3, 0.4) is 0 Å². The molecular formula is C14H22N2O3. The standard InChI is InChI=1S/C14H22N2O3/c1-3-4-5-16-14(17)10-19-13-7-11(9-15)6-12(8-13)18-2/h6-8H,3-5,9-10,15H2,1-2H3,(H,16,17). The maximum absolute atomic E-state index is 11.5. The van der Waals surface area contributed by atoms with Crippen LogP contribution < -0.4 is 20.5 Å². The maximum Gasteiger partial charge on any atom is 0.257 e. The van der Waals surface area contributed by atoms with Crippen LogP contribution in [0, 0.1) is 0 Å². The number of methoxy groups -OCH3 is 1. The topological polar surface area (TPSA) is 73.6 Å². The Kier molecular flexibility index (Phi) is 6.74. The lowest BCUT2D eigenvalue weighted by Gasteiger charge is -2.10. The minimum absolute atomic E-state index is 0.000886. The van der Waals surface area contributed by atoms with Crippen molar-refractivity contribution in [1.29, 1.82) is 0 Å². The Morgan fingerprint density at radius 3 is 2.68 bits per heavy atom. The van der Waals surface area contributed by atoms with Crippen molar-refractivity contribution in [1.82, 2.24) is 5.32 Å². The zero-order chi connectivity index (χ0) is 14.1. The van der Waals surface area contributed by atoms with Crippen molar-refractivity contribution in [2.45, 2.75) is 26.3 Å². The molecule has 0 aliphatic heterocycles. The summed E-state index contributed by atoms with van der Waals surface area (Å²) in [6, 6.07) is 5.38. The zero-order valence-corrected chi connectivity index (χ0v) is 11.6. The first-order valence-electron chi connectivity index (χ1n) is 6.47. The summed E-state index contributed by atoms with van der Waals surface area (Å²) in [5, 5.41) is 2.79. The molecule has 0 heterocycles. The molecule has 19 heavy (non-hydrogen) atoms. The van der Waals surface area contributed by atoms with E-state index in [9.17, 15) is 4.79 Å². The molecule has 0 saturated heterocycles. The summed E-state index contributed by atoms with van der Waals surface area (Å²) < 4.78 is 10.6. The van der Waals surface area contributed by atoms with Gasteiger partial charge >= 0.3 is 0 Å². The first-order chi connectivity index (χ1) is 9.19. The molecule has 0 atom stereocenters. The molecule has 1 aromatic rings. The molecule has 3 N–H and O–H groups in total. The van der Waals surface area contributed by atoms with Crippen LogP contribution in [0.25, 0.3) is 0 Å². The Labute approximate surface area is 114 Å². The van der Waals surface area contributed by atoms with Gasteiger partial charge < -0.3 is 20.5 Å². The van der Waals surface area contributed by atoms with E-state index in [1.165, 1.54) is 0 Å². The van der Waals surface area contributed by atoms with E-state index < -0.39 is 0 Å². The fourth-order valence-corrected chi connectivity index (χ4v) is 1.55. The minimum atomic E-state index is -0.120. The number of hydrogen-bond acceptors (Lipinski definition) is 4. The normalized spacial score (nSPS) is 10.1. The van der Waals surface area contributed by atoms with E-state index in [0.717, 1.165) is 18.4 Å². The van der Waals surface area contributed by atoms with Crippen molar-refractivity contribution in [3.8, 4) is 11.5 Å². The third kappa shape index (κ3) is 5.61. The number of benzene rings is 1. The fourth-order valence-electron chi connectivity index (χ4n) is 1.55.